The minimum atomic E-state index is -0.300. The molecule has 0 aromatic carbocycles. The molecular weight excluding hydrogens is 134 g/mol. The minimum absolute atomic E-state index is 0.0347. The molecule has 0 aliphatic carbocycles. The fraction of sp³-hybridized carbons (Fsp3) is 0.167. The van der Waals surface area contributed by atoms with Crippen LogP contribution in [0, 0.1) is 0 Å². The lowest BCUT2D eigenvalue weighted by Gasteiger charge is -1.79. The number of carbonyl (C=O) groups is 1. The van der Waals surface area contributed by atoms with E-state index in [2.05, 4.69) is 0 Å². The number of thiophene rings is 1. The van der Waals surface area contributed by atoms with Crippen molar-refractivity contribution in [1.82, 2.24) is 0 Å². The van der Waals surface area contributed by atoms with Gasteiger partial charge in [-0.05, 0) is 16.5 Å². The number of amides is 1. The second-order valence-corrected chi connectivity index (χ2v) is 3.61. The van der Waals surface area contributed by atoms with E-state index in [1.807, 2.05) is 17.7 Å². The van der Waals surface area contributed by atoms with E-state index in [9.17, 15) is 4.79 Å². The number of hydrogen-bond acceptors (Lipinski definition) is 1. The molecule has 3 heteroatoms. The van der Waals surface area contributed by atoms with Gasteiger partial charge in [0.2, 0.25) is 4.88 Å². The standard InChI is InChI=1S/C6H7NOS/c1-9-4-2-3-5(9)6(7)8/h2-4H,1H3,(H-,7,8)/p+1. The predicted molar refractivity (Wildman–Crippen MR) is 38.4 cm³/mol. The largest absolute Gasteiger partial charge is 0.361 e. The molecule has 2 nitrogen and oxygen atoms in total. The Morgan fingerprint density at radius 1 is 1.78 bits per heavy atom. The summed E-state index contributed by atoms with van der Waals surface area (Å²) < 4.78 is 0. The van der Waals surface area contributed by atoms with Crippen LogP contribution in [-0.2, 0) is 6.26 Å². The van der Waals surface area contributed by atoms with Crippen molar-refractivity contribution < 1.29 is 4.79 Å². The Morgan fingerprint density at radius 3 is 2.67 bits per heavy atom. The maximum absolute atomic E-state index is 10.5. The van der Waals surface area contributed by atoms with Crippen LogP contribution in [0.4, 0.5) is 0 Å². The molecule has 1 aromatic heterocycles. The Hall–Kier alpha value is -0.830. The molecule has 1 heterocycles. The predicted octanol–water partition coefficient (Wildman–Crippen LogP) is 1.07. The fourth-order valence-electron chi connectivity index (χ4n) is 0.666. The van der Waals surface area contributed by atoms with Crippen LogP contribution in [0.3, 0.4) is 0 Å². The van der Waals surface area contributed by atoms with Gasteiger partial charge in [0.25, 0.3) is 0 Å². The molecule has 0 saturated heterocycles. The first kappa shape index (κ1) is 6.29. The highest BCUT2D eigenvalue weighted by Gasteiger charge is 2.12. The summed E-state index contributed by atoms with van der Waals surface area (Å²) in [6, 6.07) is 3.63. The maximum atomic E-state index is 10.5. The topological polar surface area (TPSA) is 43.1 Å². The van der Waals surface area contributed by atoms with Crippen LogP contribution in [0.1, 0.15) is 9.67 Å². The summed E-state index contributed by atoms with van der Waals surface area (Å²) in [5, 5.41) is 1.97. The molecule has 1 atom stereocenters. The van der Waals surface area contributed by atoms with E-state index in [1.165, 1.54) is 0 Å². The van der Waals surface area contributed by atoms with Crippen LogP contribution in [0.15, 0.2) is 17.5 Å². The van der Waals surface area contributed by atoms with Crippen molar-refractivity contribution in [3.05, 3.63) is 22.4 Å². The maximum Gasteiger partial charge on any atom is 0.301 e. The first-order valence-electron chi connectivity index (χ1n) is 2.55. The molecule has 0 fully saturated rings. The molecule has 0 spiro atoms. The molecule has 2 N–H and O–H groups in total. The normalized spacial score (nSPS) is 11.4. The van der Waals surface area contributed by atoms with Crippen molar-refractivity contribution in [1.29, 1.82) is 0 Å². The van der Waals surface area contributed by atoms with Gasteiger partial charge in [-0.2, -0.15) is 0 Å². The van der Waals surface area contributed by atoms with E-state index in [0.29, 0.717) is 0 Å². The van der Waals surface area contributed by atoms with Crippen molar-refractivity contribution in [2.45, 2.75) is 0 Å². The van der Waals surface area contributed by atoms with Crippen molar-refractivity contribution in [3.8, 4) is 0 Å². The van der Waals surface area contributed by atoms with E-state index in [4.69, 9.17) is 5.73 Å². The number of rotatable bonds is 1. The van der Waals surface area contributed by atoms with E-state index in [1.54, 1.807) is 6.07 Å². The summed E-state index contributed by atoms with van der Waals surface area (Å²) in [4.78, 5) is 11.3. The van der Waals surface area contributed by atoms with Crippen molar-refractivity contribution in [2.75, 3.05) is 0 Å². The van der Waals surface area contributed by atoms with E-state index in [0.717, 1.165) is 4.88 Å². The zero-order valence-electron chi connectivity index (χ0n) is 5.13. The molecule has 1 unspecified atom stereocenters. The third-order valence-electron chi connectivity index (χ3n) is 1.12. The highest BCUT2D eigenvalue weighted by atomic mass is 32.2. The van der Waals surface area contributed by atoms with Crippen LogP contribution in [0.25, 0.3) is 0 Å². The number of primary amides is 1. The van der Waals surface area contributed by atoms with Gasteiger partial charge in [-0.25, -0.2) is 0 Å². The van der Waals surface area contributed by atoms with Gasteiger partial charge < -0.3 is 5.73 Å². The van der Waals surface area contributed by atoms with Gasteiger partial charge in [-0.15, -0.1) is 0 Å². The van der Waals surface area contributed by atoms with E-state index >= 15 is 0 Å². The zero-order valence-corrected chi connectivity index (χ0v) is 5.94. The smallest absolute Gasteiger partial charge is 0.301 e. The first-order valence-corrected chi connectivity index (χ1v) is 4.24. The third kappa shape index (κ3) is 1.10. The Kier molecular flexibility index (Phi) is 1.53. The second-order valence-electron chi connectivity index (χ2n) is 1.78. The lowest BCUT2D eigenvalue weighted by molar-refractivity contribution is 0.100. The monoisotopic (exact) mass is 142 g/mol. The first-order chi connectivity index (χ1) is 4.22. The number of aryl methyl sites for hydroxylation is 1. The zero-order chi connectivity index (χ0) is 6.85. The van der Waals surface area contributed by atoms with Gasteiger partial charge in [0, 0.05) is 6.07 Å². The highest BCUT2D eigenvalue weighted by Crippen LogP contribution is 2.19. The Balaban J connectivity index is 3.08. The summed E-state index contributed by atoms with van der Waals surface area (Å²) in [7, 11) is -0.0347. The summed E-state index contributed by atoms with van der Waals surface area (Å²) in [6.07, 6.45) is 1.97. The van der Waals surface area contributed by atoms with Crippen LogP contribution >= 0.6 is 10.5 Å². The summed E-state index contributed by atoms with van der Waals surface area (Å²) in [6.45, 7) is 0. The average molecular weight is 142 g/mol. The number of nitrogens with two attached hydrogens (primary N) is 1. The van der Waals surface area contributed by atoms with Gasteiger partial charge in [0.05, 0.1) is 0 Å². The second kappa shape index (κ2) is 2.19. The van der Waals surface area contributed by atoms with Gasteiger partial charge in [-0.1, -0.05) is 0 Å². The van der Waals surface area contributed by atoms with E-state index < -0.39 is 0 Å². The van der Waals surface area contributed by atoms with E-state index in [-0.39, 0.29) is 16.4 Å². The minimum Gasteiger partial charge on any atom is -0.361 e. The molecular formula is C6H8NOS+. The summed E-state index contributed by atoms with van der Waals surface area (Å²) >= 11 is 0. The Morgan fingerprint density at radius 2 is 2.44 bits per heavy atom. The third-order valence-corrected chi connectivity index (χ3v) is 2.72. The van der Waals surface area contributed by atoms with Gasteiger partial charge in [0.15, 0.2) is 0 Å². The molecule has 48 valence electrons. The molecule has 1 rings (SSSR count). The quantitative estimate of drug-likeness (QED) is 0.585. The Labute approximate surface area is 56.3 Å². The average Bonchev–Trinajstić information content (AvgIpc) is 2.13. The summed E-state index contributed by atoms with van der Waals surface area (Å²) in [5.74, 6) is -0.300. The van der Waals surface area contributed by atoms with Crippen LogP contribution in [0.2, 0.25) is 0 Å². The molecule has 0 saturated carbocycles. The molecule has 0 bridgehead atoms. The lowest BCUT2D eigenvalue weighted by atomic mass is 10.5. The molecule has 0 radical (unpaired) electrons. The van der Waals surface area contributed by atoms with Crippen LogP contribution in [-0.4, -0.2) is 5.91 Å². The van der Waals surface area contributed by atoms with Crippen molar-refractivity contribution in [2.24, 2.45) is 12.0 Å². The SMILES string of the molecule is C[s+]1cccc1C(N)=O. The van der Waals surface area contributed by atoms with Gasteiger partial charge in [0.1, 0.15) is 11.6 Å². The highest BCUT2D eigenvalue weighted by molar-refractivity contribution is 7.29. The lowest BCUT2D eigenvalue weighted by Crippen LogP contribution is -2.08. The molecule has 1 aromatic rings. The van der Waals surface area contributed by atoms with Crippen LogP contribution < -0.4 is 5.73 Å². The van der Waals surface area contributed by atoms with Gasteiger partial charge in [-0.3, -0.25) is 4.79 Å². The molecule has 9 heavy (non-hydrogen) atoms. The summed E-state index contributed by atoms with van der Waals surface area (Å²) in [5.41, 5.74) is 5.05. The van der Waals surface area contributed by atoms with Gasteiger partial charge >= 0.3 is 5.91 Å². The van der Waals surface area contributed by atoms with Crippen molar-refractivity contribution in [3.63, 3.8) is 0 Å². The number of hydrogen-bond donors (Lipinski definition) is 1. The Bertz CT molecular complexity index is 229. The van der Waals surface area contributed by atoms with Crippen LogP contribution in [0.5, 0.6) is 0 Å². The molecule has 1 amide bonds. The number of carbonyl (C=O) groups excluding carboxylic acids is 1. The fourth-order valence-corrected chi connectivity index (χ4v) is 1.74. The molecule has 0 aliphatic heterocycles. The van der Waals surface area contributed by atoms with Crippen molar-refractivity contribution >= 4 is 16.4 Å². The molecule has 0 aliphatic rings.